The van der Waals surface area contributed by atoms with Crippen LogP contribution in [0, 0.1) is 0 Å². The minimum absolute atomic E-state index is 0.0191. The summed E-state index contributed by atoms with van der Waals surface area (Å²) in [7, 11) is -2.39. The molecule has 0 atom stereocenters. The number of Topliss-reactive ketones (excluding diaryl/α,β-unsaturated/α-hetero) is 1. The van der Waals surface area contributed by atoms with Crippen LogP contribution >= 0.6 is 11.6 Å². The predicted octanol–water partition coefficient (Wildman–Crippen LogP) is 2.41. The van der Waals surface area contributed by atoms with Crippen LogP contribution in [0.5, 0.6) is 5.75 Å². The van der Waals surface area contributed by atoms with Gasteiger partial charge >= 0.3 is 5.97 Å². The number of sulfonamides is 1. The van der Waals surface area contributed by atoms with Crippen molar-refractivity contribution in [3.63, 3.8) is 0 Å². The third-order valence-corrected chi connectivity index (χ3v) is 6.73. The number of methoxy groups -OCH3 is 1. The van der Waals surface area contributed by atoms with E-state index in [2.05, 4.69) is 0 Å². The molecule has 8 nitrogen and oxygen atoms in total. The first-order valence-electron chi connectivity index (χ1n) is 9.05. The molecule has 1 heterocycles. The Balaban J connectivity index is 1.76. The molecule has 0 unspecified atom stereocenters. The van der Waals surface area contributed by atoms with Crippen molar-refractivity contribution in [2.24, 2.45) is 0 Å². The molecule has 2 aromatic carbocycles. The Morgan fingerprint density at radius 3 is 2.50 bits per heavy atom. The molecule has 1 fully saturated rings. The molecular weight excluding hydrogens is 434 g/mol. The lowest BCUT2D eigenvalue weighted by molar-refractivity contribution is 0.0473. The number of ketones is 1. The summed E-state index contributed by atoms with van der Waals surface area (Å²) < 4.78 is 42.3. The van der Waals surface area contributed by atoms with E-state index in [9.17, 15) is 18.0 Å². The van der Waals surface area contributed by atoms with Crippen LogP contribution in [0.25, 0.3) is 0 Å². The van der Waals surface area contributed by atoms with E-state index in [1.807, 2.05) is 0 Å². The number of esters is 1. The first kappa shape index (κ1) is 22.2. The molecule has 0 spiro atoms. The quantitative estimate of drug-likeness (QED) is 0.469. The van der Waals surface area contributed by atoms with Gasteiger partial charge in [-0.2, -0.15) is 4.31 Å². The van der Waals surface area contributed by atoms with E-state index in [1.54, 1.807) is 24.3 Å². The van der Waals surface area contributed by atoms with E-state index in [0.29, 0.717) is 19.0 Å². The standard InChI is InChI=1S/C20H20ClNO7S/c1-27-19-5-3-2-4-15(19)18(23)13-29-20(24)16-12-14(6-7-17(16)21)30(25,26)22-8-10-28-11-9-22/h2-7,12H,8-11,13H2,1H3. The van der Waals surface area contributed by atoms with Crippen LogP contribution < -0.4 is 4.74 Å². The number of benzene rings is 2. The molecule has 1 aliphatic heterocycles. The van der Waals surface area contributed by atoms with Gasteiger partial charge in [0.1, 0.15) is 5.75 Å². The molecule has 1 saturated heterocycles. The highest BCUT2D eigenvalue weighted by Gasteiger charge is 2.28. The number of rotatable bonds is 7. The van der Waals surface area contributed by atoms with Gasteiger partial charge in [-0.05, 0) is 30.3 Å². The summed E-state index contributed by atoms with van der Waals surface area (Å²) in [6.07, 6.45) is 0. The van der Waals surface area contributed by atoms with Crippen LogP contribution in [-0.2, 0) is 19.5 Å². The van der Waals surface area contributed by atoms with E-state index in [-0.39, 0.29) is 34.1 Å². The number of morpholine rings is 1. The fourth-order valence-corrected chi connectivity index (χ4v) is 4.55. The van der Waals surface area contributed by atoms with Gasteiger partial charge < -0.3 is 14.2 Å². The molecule has 3 rings (SSSR count). The number of carbonyl (C=O) groups is 2. The second-order valence-corrected chi connectivity index (χ2v) is 8.70. The highest BCUT2D eigenvalue weighted by atomic mass is 35.5. The van der Waals surface area contributed by atoms with Crippen LogP contribution in [-0.4, -0.2) is 64.5 Å². The highest BCUT2D eigenvalue weighted by Crippen LogP contribution is 2.25. The van der Waals surface area contributed by atoms with Crippen LogP contribution in [0.4, 0.5) is 0 Å². The average Bonchev–Trinajstić information content (AvgIpc) is 2.77. The molecule has 0 N–H and O–H groups in total. The van der Waals surface area contributed by atoms with Gasteiger partial charge in [0, 0.05) is 13.1 Å². The van der Waals surface area contributed by atoms with Crippen molar-refractivity contribution in [3.8, 4) is 5.75 Å². The van der Waals surface area contributed by atoms with Gasteiger partial charge in [-0.25, -0.2) is 13.2 Å². The number of nitrogens with zero attached hydrogens (tertiary/aromatic N) is 1. The Morgan fingerprint density at radius 2 is 1.80 bits per heavy atom. The number of ether oxygens (including phenoxy) is 3. The molecular formula is C20H20ClNO7S. The minimum Gasteiger partial charge on any atom is -0.496 e. The van der Waals surface area contributed by atoms with Crippen molar-refractivity contribution < 1.29 is 32.2 Å². The van der Waals surface area contributed by atoms with Crippen LogP contribution in [0.1, 0.15) is 20.7 Å². The molecule has 30 heavy (non-hydrogen) atoms. The second-order valence-electron chi connectivity index (χ2n) is 6.36. The van der Waals surface area contributed by atoms with Gasteiger partial charge in [-0.3, -0.25) is 4.79 Å². The summed E-state index contributed by atoms with van der Waals surface area (Å²) in [4.78, 5) is 24.8. The third-order valence-electron chi connectivity index (χ3n) is 4.51. The SMILES string of the molecule is COc1ccccc1C(=O)COC(=O)c1cc(S(=O)(=O)N2CCOCC2)ccc1Cl. The Morgan fingerprint density at radius 1 is 1.10 bits per heavy atom. The van der Waals surface area contributed by atoms with Crippen molar-refractivity contribution in [1.82, 2.24) is 4.31 Å². The molecule has 2 aromatic rings. The van der Waals surface area contributed by atoms with Gasteiger partial charge in [-0.1, -0.05) is 23.7 Å². The Hall–Kier alpha value is -2.46. The van der Waals surface area contributed by atoms with E-state index in [0.717, 1.165) is 6.07 Å². The van der Waals surface area contributed by atoms with Crippen molar-refractivity contribution >= 4 is 33.4 Å². The number of halogens is 1. The molecule has 0 saturated carbocycles. The van der Waals surface area contributed by atoms with Gasteiger partial charge in [0.2, 0.25) is 15.8 Å². The van der Waals surface area contributed by atoms with Crippen molar-refractivity contribution in [3.05, 3.63) is 58.6 Å². The zero-order valence-electron chi connectivity index (χ0n) is 16.2. The number of carbonyl (C=O) groups excluding carboxylic acids is 2. The Bertz CT molecular complexity index is 1050. The number of hydrogen-bond acceptors (Lipinski definition) is 7. The number of hydrogen-bond donors (Lipinski definition) is 0. The molecule has 0 radical (unpaired) electrons. The minimum atomic E-state index is -3.81. The van der Waals surface area contributed by atoms with Gasteiger partial charge in [0.15, 0.2) is 6.61 Å². The average molecular weight is 454 g/mol. The molecule has 10 heteroatoms. The normalized spacial score (nSPS) is 14.9. The summed E-state index contributed by atoms with van der Waals surface area (Å²) in [5.74, 6) is -1.01. The van der Waals surface area contributed by atoms with E-state index < -0.39 is 28.4 Å². The molecule has 1 aliphatic rings. The highest BCUT2D eigenvalue weighted by molar-refractivity contribution is 7.89. The summed E-state index contributed by atoms with van der Waals surface area (Å²) in [6.45, 7) is 0.492. The van der Waals surface area contributed by atoms with Gasteiger partial charge in [0.25, 0.3) is 0 Å². The summed E-state index contributed by atoms with van der Waals surface area (Å²) in [5, 5.41) is 0.0191. The van der Waals surface area contributed by atoms with Crippen LogP contribution in [0.15, 0.2) is 47.4 Å². The van der Waals surface area contributed by atoms with E-state index in [1.165, 1.54) is 23.5 Å². The monoisotopic (exact) mass is 453 g/mol. The van der Waals surface area contributed by atoms with Crippen molar-refractivity contribution in [2.45, 2.75) is 4.90 Å². The van der Waals surface area contributed by atoms with Gasteiger partial charge in [0.05, 0.1) is 41.4 Å². The summed E-state index contributed by atoms with van der Waals surface area (Å²) in [5.41, 5.74) is 0.126. The maximum Gasteiger partial charge on any atom is 0.340 e. The first-order valence-corrected chi connectivity index (χ1v) is 10.9. The van der Waals surface area contributed by atoms with Crippen molar-refractivity contribution in [1.29, 1.82) is 0 Å². The molecule has 160 valence electrons. The van der Waals surface area contributed by atoms with Crippen LogP contribution in [0.3, 0.4) is 0 Å². The van der Waals surface area contributed by atoms with Gasteiger partial charge in [-0.15, -0.1) is 0 Å². The fraction of sp³-hybridized carbons (Fsp3) is 0.300. The topological polar surface area (TPSA) is 99.2 Å². The largest absolute Gasteiger partial charge is 0.496 e. The molecule has 0 amide bonds. The Kier molecular flexibility index (Phi) is 7.09. The first-order chi connectivity index (χ1) is 14.3. The molecule has 0 aromatic heterocycles. The van der Waals surface area contributed by atoms with Crippen LogP contribution in [0.2, 0.25) is 5.02 Å². The maximum atomic E-state index is 12.8. The maximum absolute atomic E-state index is 12.8. The van der Waals surface area contributed by atoms with E-state index >= 15 is 0 Å². The smallest absolute Gasteiger partial charge is 0.340 e. The fourth-order valence-electron chi connectivity index (χ4n) is 2.92. The second kappa shape index (κ2) is 9.57. The zero-order chi connectivity index (χ0) is 21.7. The number of para-hydroxylation sites is 1. The lowest BCUT2D eigenvalue weighted by atomic mass is 10.1. The predicted molar refractivity (Wildman–Crippen MR) is 109 cm³/mol. The third kappa shape index (κ3) is 4.81. The van der Waals surface area contributed by atoms with E-state index in [4.69, 9.17) is 25.8 Å². The molecule has 0 bridgehead atoms. The van der Waals surface area contributed by atoms with Crippen molar-refractivity contribution in [2.75, 3.05) is 40.0 Å². The molecule has 0 aliphatic carbocycles. The Labute approximate surface area is 179 Å². The summed E-state index contributed by atoms with van der Waals surface area (Å²) in [6, 6.07) is 10.3. The lowest BCUT2D eigenvalue weighted by Crippen LogP contribution is -2.40. The summed E-state index contributed by atoms with van der Waals surface area (Å²) >= 11 is 6.07. The zero-order valence-corrected chi connectivity index (χ0v) is 17.7. The lowest BCUT2D eigenvalue weighted by Gasteiger charge is -2.26.